The SMILES string of the molecule is CCCc1n[nH]c(=S)n1NCc1cc(Cl)c(OC(C)C)c(OC)c1. The first-order valence-electron chi connectivity index (χ1n) is 7.89. The van der Waals surface area contributed by atoms with Crippen LogP contribution in [0.5, 0.6) is 11.5 Å². The monoisotopic (exact) mass is 370 g/mol. The van der Waals surface area contributed by atoms with E-state index < -0.39 is 0 Å². The lowest BCUT2D eigenvalue weighted by molar-refractivity contribution is 0.230. The Balaban J connectivity index is 2.20. The van der Waals surface area contributed by atoms with Gasteiger partial charge in [0.1, 0.15) is 0 Å². The molecule has 1 aromatic heterocycles. The minimum atomic E-state index is 0.0150. The van der Waals surface area contributed by atoms with E-state index in [-0.39, 0.29) is 6.10 Å². The van der Waals surface area contributed by atoms with Gasteiger partial charge < -0.3 is 14.9 Å². The molecule has 1 aromatic carbocycles. The summed E-state index contributed by atoms with van der Waals surface area (Å²) in [6.07, 6.45) is 1.84. The van der Waals surface area contributed by atoms with Gasteiger partial charge in [-0.3, -0.25) is 5.10 Å². The third kappa shape index (κ3) is 4.42. The molecular weight excluding hydrogens is 348 g/mol. The molecule has 0 saturated heterocycles. The van der Waals surface area contributed by atoms with Crippen LogP contribution in [0.1, 0.15) is 38.6 Å². The molecule has 0 unspecified atom stereocenters. The lowest BCUT2D eigenvalue weighted by Gasteiger charge is -2.17. The zero-order valence-electron chi connectivity index (χ0n) is 14.4. The maximum atomic E-state index is 6.35. The van der Waals surface area contributed by atoms with Gasteiger partial charge in [-0.2, -0.15) is 5.10 Å². The molecule has 2 rings (SSSR count). The molecule has 0 bridgehead atoms. The van der Waals surface area contributed by atoms with Gasteiger partial charge in [-0.25, -0.2) is 4.68 Å². The molecule has 0 aliphatic rings. The van der Waals surface area contributed by atoms with Crippen LogP contribution in [0.4, 0.5) is 0 Å². The average Bonchev–Trinajstić information content (AvgIpc) is 2.87. The fourth-order valence-corrected chi connectivity index (χ4v) is 2.77. The predicted molar refractivity (Wildman–Crippen MR) is 98.2 cm³/mol. The summed E-state index contributed by atoms with van der Waals surface area (Å²) in [5.41, 5.74) is 4.22. The van der Waals surface area contributed by atoms with Crippen LogP contribution in [0.2, 0.25) is 5.02 Å². The van der Waals surface area contributed by atoms with Gasteiger partial charge in [-0.1, -0.05) is 18.5 Å². The minimum Gasteiger partial charge on any atom is -0.493 e. The Bertz CT molecular complexity index is 742. The Morgan fingerprint density at radius 1 is 1.42 bits per heavy atom. The number of halogens is 1. The smallest absolute Gasteiger partial charge is 0.214 e. The number of rotatable bonds is 8. The van der Waals surface area contributed by atoms with Crippen LogP contribution in [-0.2, 0) is 13.0 Å². The lowest BCUT2D eigenvalue weighted by atomic mass is 10.2. The van der Waals surface area contributed by atoms with E-state index in [2.05, 4.69) is 22.5 Å². The molecule has 0 saturated carbocycles. The van der Waals surface area contributed by atoms with E-state index in [1.54, 1.807) is 11.8 Å². The number of H-pyrrole nitrogens is 1. The van der Waals surface area contributed by atoms with E-state index in [0.717, 1.165) is 24.2 Å². The van der Waals surface area contributed by atoms with Crippen LogP contribution in [0.25, 0.3) is 0 Å². The molecule has 2 aromatic rings. The van der Waals surface area contributed by atoms with Gasteiger partial charge in [-0.15, -0.1) is 0 Å². The van der Waals surface area contributed by atoms with Gasteiger partial charge in [0.15, 0.2) is 17.3 Å². The van der Waals surface area contributed by atoms with Gasteiger partial charge >= 0.3 is 0 Å². The number of aryl methyl sites for hydroxylation is 1. The lowest BCUT2D eigenvalue weighted by Crippen LogP contribution is -2.17. The van der Waals surface area contributed by atoms with Gasteiger partial charge in [0.05, 0.1) is 24.8 Å². The van der Waals surface area contributed by atoms with Crippen molar-refractivity contribution < 1.29 is 9.47 Å². The highest BCUT2D eigenvalue weighted by Crippen LogP contribution is 2.37. The molecule has 0 atom stereocenters. The third-order valence-corrected chi connectivity index (χ3v) is 3.85. The number of methoxy groups -OCH3 is 1. The van der Waals surface area contributed by atoms with Crippen molar-refractivity contribution in [2.24, 2.45) is 0 Å². The van der Waals surface area contributed by atoms with Crippen LogP contribution in [0, 0.1) is 4.77 Å². The zero-order chi connectivity index (χ0) is 17.7. The number of ether oxygens (including phenoxy) is 2. The molecular formula is C16H23ClN4O2S. The summed E-state index contributed by atoms with van der Waals surface area (Å²) in [4.78, 5) is 0. The second-order valence-electron chi connectivity index (χ2n) is 5.64. The first-order chi connectivity index (χ1) is 11.5. The summed E-state index contributed by atoms with van der Waals surface area (Å²) < 4.78 is 13.5. The highest BCUT2D eigenvalue weighted by molar-refractivity contribution is 7.71. The van der Waals surface area contributed by atoms with Crippen molar-refractivity contribution in [3.05, 3.63) is 33.3 Å². The standard InChI is InChI=1S/C16H23ClN4O2S/c1-5-6-14-19-20-16(24)21(14)18-9-11-7-12(17)15(23-10(2)3)13(8-11)22-4/h7-8,10,18H,5-6,9H2,1-4H3,(H,20,24). The Kier molecular flexibility index (Phi) is 6.51. The van der Waals surface area contributed by atoms with Crippen LogP contribution >= 0.6 is 23.8 Å². The minimum absolute atomic E-state index is 0.0150. The van der Waals surface area contributed by atoms with Gasteiger partial charge in [0.2, 0.25) is 4.77 Å². The number of nitrogens with one attached hydrogen (secondary N) is 2. The Labute approximate surface area is 152 Å². The summed E-state index contributed by atoms with van der Waals surface area (Å²) in [7, 11) is 1.60. The number of hydrogen-bond donors (Lipinski definition) is 2. The van der Waals surface area contributed by atoms with E-state index in [4.69, 9.17) is 33.3 Å². The van der Waals surface area contributed by atoms with Crippen LogP contribution in [0.3, 0.4) is 0 Å². The Morgan fingerprint density at radius 2 is 2.17 bits per heavy atom. The summed E-state index contributed by atoms with van der Waals surface area (Å²) in [6.45, 7) is 6.52. The fourth-order valence-electron chi connectivity index (χ4n) is 2.28. The molecule has 24 heavy (non-hydrogen) atoms. The molecule has 0 aliphatic carbocycles. The first kappa shape index (κ1) is 18.6. The van der Waals surface area contributed by atoms with Crippen molar-refractivity contribution in [1.82, 2.24) is 14.9 Å². The summed E-state index contributed by atoms with van der Waals surface area (Å²) in [6, 6.07) is 3.76. The van der Waals surface area contributed by atoms with E-state index in [1.807, 2.05) is 26.0 Å². The van der Waals surface area contributed by atoms with Crippen molar-refractivity contribution in [2.45, 2.75) is 46.3 Å². The quantitative estimate of drug-likeness (QED) is 0.685. The summed E-state index contributed by atoms with van der Waals surface area (Å²) >= 11 is 11.6. The fraction of sp³-hybridized carbons (Fsp3) is 0.500. The largest absolute Gasteiger partial charge is 0.493 e. The molecule has 2 N–H and O–H groups in total. The molecule has 0 spiro atoms. The molecule has 132 valence electrons. The van der Waals surface area contributed by atoms with Crippen LogP contribution < -0.4 is 14.9 Å². The molecule has 0 amide bonds. The van der Waals surface area contributed by atoms with Crippen molar-refractivity contribution in [2.75, 3.05) is 12.5 Å². The predicted octanol–water partition coefficient (Wildman–Crippen LogP) is 4.09. The van der Waals surface area contributed by atoms with Gasteiger partial charge in [0.25, 0.3) is 0 Å². The van der Waals surface area contributed by atoms with E-state index in [1.165, 1.54) is 0 Å². The van der Waals surface area contributed by atoms with E-state index in [9.17, 15) is 0 Å². The van der Waals surface area contributed by atoms with Crippen LogP contribution in [0.15, 0.2) is 12.1 Å². The molecule has 1 heterocycles. The molecule has 8 heteroatoms. The second kappa shape index (κ2) is 8.39. The first-order valence-corrected chi connectivity index (χ1v) is 8.68. The number of hydrogen-bond acceptors (Lipinski definition) is 5. The molecule has 0 radical (unpaired) electrons. The van der Waals surface area contributed by atoms with Crippen LogP contribution in [-0.4, -0.2) is 28.1 Å². The number of nitrogens with zero attached hydrogens (tertiary/aromatic N) is 2. The highest BCUT2D eigenvalue weighted by Gasteiger charge is 2.14. The van der Waals surface area contributed by atoms with Crippen molar-refractivity contribution in [3.8, 4) is 11.5 Å². The van der Waals surface area contributed by atoms with E-state index in [0.29, 0.717) is 27.8 Å². The number of aromatic nitrogens is 3. The maximum Gasteiger partial charge on any atom is 0.214 e. The summed E-state index contributed by atoms with van der Waals surface area (Å²) in [5.74, 6) is 2.04. The molecule has 6 nitrogen and oxygen atoms in total. The highest BCUT2D eigenvalue weighted by atomic mass is 35.5. The molecule has 0 aliphatic heterocycles. The third-order valence-electron chi connectivity index (χ3n) is 3.30. The zero-order valence-corrected chi connectivity index (χ0v) is 15.9. The number of aromatic amines is 1. The Hall–Kier alpha value is -1.73. The summed E-state index contributed by atoms with van der Waals surface area (Å²) in [5, 5.41) is 7.55. The topological polar surface area (TPSA) is 64.1 Å². The van der Waals surface area contributed by atoms with E-state index >= 15 is 0 Å². The van der Waals surface area contributed by atoms with Crippen molar-refractivity contribution in [3.63, 3.8) is 0 Å². The van der Waals surface area contributed by atoms with Gasteiger partial charge in [-0.05, 0) is 50.2 Å². The van der Waals surface area contributed by atoms with Crippen molar-refractivity contribution >= 4 is 23.8 Å². The van der Waals surface area contributed by atoms with Gasteiger partial charge in [0, 0.05) is 6.42 Å². The average molecular weight is 371 g/mol. The number of benzene rings is 1. The normalized spacial score (nSPS) is 10.9. The molecule has 0 fully saturated rings. The van der Waals surface area contributed by atoms with Crippen molar-refractivity contribution in [1.29, 1.82) is 0 Å². The maximum absolute atomic E-state index is 6.35. The second-order valence-corrected chi connectivity index (χ2v) is 6.43. The Morgan fingerprint density at radius 3 is 2.79 bits per heavy atom.